The minimum atomic E-state index is -0.829. The molecule has 114 valence electrons. The number of rotatable bonds is 5. The number of amides is 1. The normalized spacial score (nSPS) is 18.5. The van der Waals surface area contributed by atoms with E-state index in [4.69, 9.17) is 5.11 Å². The molecule has 0 aliphatic carbocycles. The minimum Gasteiger partial charge on any atom is -0.481 e. The van der Waals surface area contributed by atoms with E-state index < -0.39 is 5.97 Å². The van der Waals surface area contributed by atoms with Gasteiger partial charge >= 0.3 is 5.97 Å². The van der Waals surface area contributed by atoms with Crippen molar-refractivity contribution >= 4 is 23.6 Å². The van der Waals surface area contributed by atoms with Gasteiger partial charge in [-0.1, -0.05) is 19.1 Å². The van der Waals surface area contributed by atoms with Crippen LogP contribution >= 0.6 is 11.8 Å². The lowest BCUT2D eigenvalue weighted by Gasteiger charge is -2.30. The molecule has 1 saturated heterocycles. The fraction of sp³-hybridized carbons (Fsp3) is 0.500. The second kappa shape index (κ2) is 7.50. The molecule has 1 aromatic carbocycles. The molecule has 0 bridgehead atoms. The molecule has 1 aliphatic heterocycles. The molecule has 5 heteroatoms. The molecule has 1 unspecified atom stereocenters. The van der Waals surface area contributed by atoms with Gasteiger partial charge in [0.15, 0.2) is 0 Å². The Morgan fingerprint density at radius 1 is 1.33 bits per heavy atom. The van der Waals surface area contributed by atoms with Crippen molar-refractivity contribution in [3.8, 4) is 0 Å². The van der Waals surface area contributed by atoms with Gasteiger partial charge in [0, 0.05) is 18.0 Å². The number of aliphatic carboxylic acids is 1. The SMILES string of the molecule is CC1CCCN(C(=O)CSc2ccc(CC(=O)O)cc2)C1. The van der Waals surface area contributed by atoms with Crippen molar-refractivity contribution in [2.75, 3.05) is 18.8 Å². The summed E-state index contributed by atoms with van der Waals surface area (Å²) >= 11 is 1.51. The Morgan fingerprint density at radius 2 is 2.05 bits per heavy atom. The summed E-state index contributed by atoms with van der Waals surface area (Å²) in [7, 11) is 0. The van der Waals surface area contributed by atoms with Gasteiger partial charge in [-0.25, -0.2) is 0 Å². The lowest BCUT2D eigenvalue weighted by molar-refractivity contribution is -0.136. The first-order chi connectivity index (χ1) is 10.0. The molecule has 2 rings (SSSR count). The summed E-state index contributed by atoms with van der Waals surface area (Å²) in [5, 5.41) is 8.72. The number of carbonyl (C=O) groups excluding carboxylic acids is 1. The molecule has 1 aromatic rings. The van der Waals surface area contributed by atoms with E-state index in [0.717, 1.165) is 30.0 Å². The smallest absolute Gasteiger partial charge is 0.307 e. The Hall–Kier alpha value is -1.49. The van der Waals surface area contributed by atoms with Crippen LogP contribution in [0.4, 0.5) is 0 Å². The van der Waals surface area contributed by atoms with Gasteiger partial charge < -0.3 is 10.0 Å². The van der Waals surface area contributed by atoms with E-state index in [1.165, 1.54) is 18.2 Å². The standard InChI is InChI=1S/C16H21NO3S/c1-12-3-2-8-17(10-12)15(18)11-21-14-6-4-13(5-7-14)9-16(19)20/h4-7,12H,2-3,8-11H2,1H3,(H,19,20). The second-order valence-electron chi connectivity index (χ2n) is 5.59. The highest BCUT2D eigenvalue weighted by Crippen LogP contribution is 2.21. The highest BCUT2D eigenvalue weighted by Gasteiger charge is 2.20. The van der Waals surface area contributed by atoms with Crippen LogP contribution in [0.3, 0.4) is 0 Å². The molecule has 1 amide bonds. The van der Waals surface area contributed by atoms with Gasteiger partial charge in [-0.2, -0.15) is 0 Å². The predicted molar refractivity (Wildman–Crippen MR) is 83.5 cm³/mol. The molecule has 1 N–H and O–H groups in total. The van der Waals surface area contributed by atoms with Crippen molar-refractivity contribution in [2.24, 2.45) is 5.92 Å². The van der Waals surface area contributed by atoms with Crippen LogP contribution in [0.15, 0.2) is 29.2 Å². The number of hydrogen-bond donors (Lipinski definition) is 1. The lowest BCUT2D eigenvalue weighted by Crippen LogP contribution is -2.40. The minimum absolute atomic E-state index is 0.0372. The molecular formula is C16H21NO3S. The fourth-order valence-electron chi connectivity index (χ4n) is 2.53. The van der Waals surface area contributed by atoms with Crippen molar-refractivity contribution in [3.63, 3.8) is 0 Å². The van der Waals surface area contributed by atoms with Gasteiger partial charge in [-0.15, -0.1) is 11.8 Å². The predicted octanol–water partition coefficient (Wildman–Crippen LogP) is 2.66. The first-order valence-corrected chi connectivity index (χ1v) is 8.24. The van der Waals surface area contributed by atoms with Crippen LogP contribution in [-0.4, -0.2) is 40.7 Å². The number of carboxylic acid groups (broad SMARTS) is 1. The lowest BCUT2D eigenvalue weighted by atomic mass is 10.0. The molecule has 0 radical (unpaired) electrons. The molecule has 0 spiro atoms. The summed E-state index contributed by atoms with van der Waals surface area (Å²) in [6, 6.07) is 7.39. The third-order valence-electron chi connectivity index (χ3n) is 3.65. The van der Waals surface area contributed by atoms with Crippen LogP contribution in [0, 0.1) is 5.92 Å². The maximum Gasteiger partial charge on any atom is 0.307 e. The highest BCUT2D eigenvalue weighted by atomic mass is 32.2. The van der Waals surface area contributed by atoms with Crippen LogP contribution < -0.4 is 0 Å². The van der Waals surface area contributed by atoms with Crippen molar-refractivity contribution in [1.29, 1.82) is 0 Å². The molecule has 0 aromatic heterocycles. The Balaban J connectivity index is 1.82. The van der Waals surface area contributed by atoms with Crippen LogP contribution in [0.2, 0.25) is 0 Å². The van der Waals surface area contributed by atoms with Crippen molar-refractivity contribution in [1.82, 2.24) is 4.90 Å². The first kappa shape index (κ1) is 15.9. The van der Waals surface area contributed by atoms with Gasteiger partial charge in [0.2, 0.25) is 5.91 Å². The summed E-state index contributed by atoms with van der Waals surface area (Å²) < 4.78 is 0. The Kier molecular flexibility index (Phi) is 5.67. The first-order valence-electron chi connectivity index (χ1n) is 7.26. The highest BCUT2D eigenvalue weighted by molar-refractivity contribution is 8.00. The van der Waals surface area contributed by atoms with Gasteiger partial charge in [0.25, 0.3) is 0 Å². The summed E-state index contributed by atoms with van der Waals surface area (Å²) in [5.74, 6) is 0.416. The van der Waals surface area contributed by atoms with Gasteiger partial charge in [0.05, 0.1) is 12.2 Å². The summed E-state index contributed by atoms with van der Waals surface area (Å²) in [5.41, 5.74) is 0.781. The van der Waals surface area contributed by atoms with Crippen molar-refractivity contribution in [2.45, 2.75) is 31.1 Å². The summed E-state index contributed by atoms with van der Waals surface area (Å²) in [6.07, 6.45) is 2.35. The molecule has 4 nitrogen and oxygen atoms in total. The average Bonchev–Trinajstić information content (AvgIpc) is 2.45. The zero-order valence-electron chi connectivity index (χ0n) is 12.2. The van der Waals surface area contributed by atoms with Crippen LogP contribution in [0.5, 0.6) is 0 Å². The quantitative estimate of drug-likeness (QED) is 0.850. The van der Waals surface area contributed by atoms with E-state index in [0.29, 0.717) is 11.7 Å². The maximum absolute atomic E-state index is 12.2. The van der Waals surface area contributed by atoms with E-state index in [1.54, 1.807) is 0 Å². The monoisotopic (exact) mass is 307 g/mol. The van der Waals surface area contributed by atoms with Crippen molar-refractivity contribution < 1.29 is 14.7 Å². The molecule has 1 atom stereocenters. The Labute approximate surface area is 129 Å². The second-order valence-corrected chi connectivity index (χ2v) is 6.64. The number of piperidine rings is 1. The number of hydrogen-bond acceptors (Lipinski definition) is 3. The van der Waals surface area contributed by atoms with E-state index >= 15 is 0 Å². The zero-order valence-corrected chi connectivity index (χ0v) is 13.1. The van der Waals surface area contributed by atoms with E-state index in [-0.39, 0.29) is 12.3 Å². The van der Waals surface area contributed by atoms with E-state index in [1.807, 2.05) is 29.2 Å². The third-order valence-corrected chi connectivity index (χ3v) is 4.65. The Bertz CT molecular complexity index is 501. The molecule has 21 heavy (non-hydrogen) atoms. The molecule has 0 saturated carbocycles. The molecule has 1 heterocycles. The van der Waals surface area contributed by atoms with E-state index in [9.17, 15) is 9.59 Å². The number of nitrogens with zero attached hydrogens (tertiary/aromatic N) is 1. The number of thioether (sulfide) groups is 1. The summed E-state index contributed by atoms with van der Waals surface area (Å²) in [4.78, 5) is 25.7. The topological polar surface area (TPSA) is 57.6 Å². The molecule has 1 aliphatic rings. The number of benzene rings is 1. The van der Waals surface area contributed by atoms with Crippen LogP contribution in [-0.2, 0) is 16.0 Å². The van der Waals surface area contributed by atoms with Crippen LogP contribution in [0.25, 0.3) is 0 Å². The number of carbonyl (C=O) groups is 2. The van der Waals surface area contributed by atoms with Crippen molar-refractivity contribution in [3.05, 3.63) is 29.8 Å². The number of carboxylic acids is 1. The zero-order chi connectivity index (χ0) is 15.2. The van der Waals surface area contributed by atoms with Gasteiger partial charge in [0.1, 0.15) is 0 Å². The fourth-order valence-corrected chi connectivity index (χ4v) is 3.33. The average molecular weight is 307 g/mol. The third kappa shape index (κ3) is 5.08. The maximum atomic E-state index is 12.2. The van der Waals surface area contributed by atoms with Crippen LogP contribution in [0.1, 0.15) is 25.3 Å². The molecular weight excluding hydrogens is 286 g/mol. The van der Waals surface area contributed by atoms with Gasteiger partial charge in [-0.05, 0) is 36.5 Å². The van der Waals surface area contributed by atoms with E-state index in [2.05, 4.69) is 6.92 Å². The Morgan fingerprint density at radius 3 is 2.67 bits per heavy atom. The summed E-state index contributed by atoms with van der Waals surface area (Å²) in [6.45, 7) is 3.94. The molecule has 1 fully saturated rings. The largest absolute Gasteiger partial charge is 0.481 e. The van der Waals surface area contributed by atoms with Gasteiger partial charge in [-0.3, -0.25) is 9.59 Å². The number of likely N-dealkylation sites (tertiary alicyclic amines) is 1.